The predicted octanol–water partition coefficient (Wildman–Crippen LogP) is 3.56. The van der Waals surface area contributed by atoms with Gasteiger partial charge in [-0.1, -0.05) is 18.2 Å². The lowest BCUT2D eigenvalue weighted by molar-refractivity contribution is -0.120. The van der Waals surface area contributed by atoms with Crippen LogP contribution in [0.1, 0.15) is 19.3 Å². The third kappa shape index (κ3) is 3.69. The molecule has 0 saturated carbocycles. The first kappa shape index (κ1) is 14.3. The fraction of sp³-hybridized carbons (Fsp3) is 0.235. The van der Waals surface area contributed by atoms with E-state index in [1.54, 1.807) is 30.6 Å². The molecule has 1 aromatic carbocycles. The maximum Gasteiger partial charge on any atom is 0.321 e. The van der Waals surface area contributed by atoms with Gasteiger partial charge in [0.15, 0.2) is 0 Å². The number of allylic oxidation sites excluding steroid dienone is 2. The number of amides is 1. The maximum atomic E-state index is 12.2. The van der Waals surface area contributed by atoms with Crippen molar-refractivity contribution < 1.29 is 9.53 Å². The molecule has 1 N–H and O–H groups in total. The Morgan fingerprint density at radius 2 is 2.05 bits per heavy atom. The van der Waals surface area contributed by atoms with E-state index < -0.39 is 0 Å². The second kappa shape index (κ2) is 6.85. The van der Waals surface area contributed by atoms with Crippen molar-refractivity contribution in [3.8, 4) is 11.8 Å². The van der Waals surface area contributed by atoms with E-state index in [9.17, 15) is 4.79 Å². The lowest BCUT2D eigenvalue weighted by atomic mass is 9.93. The van der Waals surface area contributed by atoms with Crippen LogP contribution in [0.25, 0.3) is 0 Å². The lowest BCUT2D eigenvalue weighted by Gasteiger charge is -2.17. The molecule has 0 aliphatic heterocycles. The van der Waals surface area contributed by atoms with E-state index in [1.165, 1.54) is 0 Å². The van der Waals surface area contributed by atoms with E-state index >= 15 is 0 Å². The van der Waals surface area contributed by atoms with Gasteiger partial charge in [-0.2, -0.15) is 0 Å². The molecule has 5 heteroatoms. The van der Waals surface area contributed by atoms with Crippen LogP contribution in [-0.2, 0) is 4.79 Å². The summed E-state index contributed by atoms with van der Waals surface area (Å²) in [5.41, 5.74) is 0.716. The van der Waals surface area contributed by atoms with Gasteiger partial charge in [0.05, 0.1) is 0 Å². The number of carbonyl (C=O) groups excluding carboxylic acids is 1. The van der Waals surface area contributed by atoms with Gasteiger partial charge in [0, 0.05) is 30.1 Å². The maximum absolute atomic E-state index is 12.2. The van der Waals surface area contributed by atoms with Crippen LogP contribution in [-0.4, -0.2) is 15.9 Å². The number of carbonyl (C=O) groups is 1. The highest BCUT2D eigenvalue weighted by molar-refractivity contribution is 5.92. The highest BCUT2D eigenvalue weighted by Crippen LogP contribution is 2.24. The van der Waals surface area contributed by atoms with Crippen molar-refractivity contribution in [2.45, 2.75) is 19.3 Å². The molecule has 0 saturated heterocycles. The van der Waals surface area contributed by atoms with Crippen LogP contribution in [0, 0.1) is 5.92 Å². The molecule has 1 aliphatic rings. The Morgan fingerprint density at radius 3 is 2.82 bits per heavy atom. The van der Waals surface area contributed by atoms with Gasteiger partial charge in [-0.3, -0.25) is 4.79 Å². The molecule has 1 aromatic heterocycles. The predicted molar refractivity (Wildman–Crippen MR) is 83.7 cm³/mol. The zero-order valence-corrected chi connectivity index (χ0v) is 12.1. The molecular weight excluding hydrogens is 278 g/mol. The number of hydrogen-bond donors (Lipinski definition) is 1. The molecule has 5 nitrogen and oxygen atoms in total. The van der Waals surface area contributed by atoms with Gasteiger partial charge in [-0.15, -0.1) is 0 Å². The molecule has 0 bridgehead atoms. The number of hydrogen-bond acceptors (Lipinski definition) is 4. The van der Waals surface area contributed by atoms with E-state index in [2.05, 4.69) is 27.4 Å². The minimum absolute atomic E-state index is 0.0482. The third-order valence-corrected chi connectivity index (χ3v) is 3.49. The van der Waals surface area contributed by atoms with Gasteiger partial charge >= 0.3 is 6.01 Å². The Bertz CT molecular complexity index is 671. The van der Waals surface area contributed by atoms with Crippen LogP contribution in [0.4, 0.5) is 5.69 Å². The minimum atomic E-state index is 0.0482. The van der Waals surface area contributed by atoms with Gasteiger partial charge in [0.1, 0.15) is 5.75 Å². The SMILES string of the molecule is O=C(Nc1cccc(Oc2ncccn2)c1)C1CC=CCC1. The number of rotatable bonds is 4. The van der Waals surface area contributed by atoms with Crippen LogP contribution in [0.3, 0.4) is 0 Å². The van der Waals surface area contributed by atoms with Gasteiger partial charge in [-0.05, 0) is 37.5 Å². The Morgan fingerprint density at radius 1 is 1.18 bits per heavy atom. The molecule has 2 aromatic rings. The van der Waals surface area contributed by atoms with E-state index in [-0.39, 0.29) is 17.8 Å². The first-order valence-electron chi connectivity index (χ1n) is 7.32. The Kier molecular flexibility index (Phi) is 4.44. The largest absolute Gasteiger partial charge is 0.424 e. The standard InChI is InChI=1S/C17H17N3O2/c21-16(13-6-2-1-3-7-13)20-14-8-4-9-15(12-14)22-17-18-10-5-11-19-17/h1-2,4-5,8-13H,3,6-7H2,(H,20,21). The molecule has 1 heterocycles. The van der Waals surface area contributed by atoms with Crippen LogP contribution >= 0.6 is 0 Å². The molecule has 1 atom stereocenters. The summed E-state index contributed by atoms with van der Waals surface area (Å²) in [5.74, 6) is 0.692. The smallest absolute Gasteiger partial charge is 0.321 e. The van der Waals surface area contributed by atoms with E-state index in [0.29, 0.717) is 11.4 Å². The van der Waals surface area contributed by atoms with Crippen LogP contribution in [0.2, 0.25) is 0 Å². The molecule has 1 aliphatic carbocycles. The summed E-state index contributed by atoms with van der Waals surface area (Å²) in [5, 5.41) is 2.94. The van der Waals surface area contributed by atoms with Gasteiger partial charge in [-0.25, -0.2) is 9.97 Å². The highest BCUT2D eigenvalue weighted by atomic mass is 16.5. The molecule has 0 fully saturated rings. The second-order valence-electron chi connectivity index (χ2n) is 5.13. The molecule has 22 heavy (non-hydrogen) atoms. The first-order valence-corrected chi connectivity index (χ1v) is 7.32. The van der Waals surface area contributed by atoms with Gasteiger partial charge in [0.25, 0.3) is 0 Å². The van der Waals surface area contributed by atoms with Crippen molar-refractivity contribution in [1.29, 1.82) is 0 Å². The fourth-order valence-electron chi connectivity index (χ4n) is 2.36. The summed E-state index contributed by atoms with van der Waals surface area (Å²) in [7, 11) is 0. The number of nitrogens with one attached hydrogen (secondary N) is 1. The number of ether oxygens (including phenoxy) is 1. The quantitative estimate of drug-likeness (QED) is 0.876. The number of aromatic nitrogens is 2. The zero-order chi connectivity index (χ0) is 15.2. The average Bonchev–Trinajstić information content (AvgIpc) is 2.57. The Hall–Kier alpha value is -2.69. The summed E-state index contributed by atoms with van der Waals surface area (Å²) in [6, 6.07) is 9.25. The van der Waals surface area contributed by atoms with Gasteiger partial charge in [0.2, 0.25) is 5.91 Å². The van der Waals surface area contributed by atoms with Gasteiger partial charge < -0.3 is 10.1 Å². The highest BCUT2D eigenvalue weighted by Gasteiger charge is 2.18. The molecular formula is C17H17N3O2. The molecule has 112 valence electrons. The van der Waals surface area contributed by atoms with Crippen molar-refractivity contribution in [3.63, 3.8) is 0 Å². The summed E-state index contributed by atoms with van der Waals surface area (Å²) in [6.07, 6.45) is 10.1. The van der Waals surface area contributed by atoms with Crippen LogP contribution < -0.4 is 10.1 Å². The van der Waals surface area contributed by atoms with Crippen molar-refractivity contribution >= 4 is 11.6 Å². The molecule has 0 spiro atoms. The Labute approximate surface area is 129 Å². The lowest BCUT2D eigenvalue weighted by Crippen LogP contribution is -2.23. The minimum Gasteiger partial charge on any atom is -0.424 e. The number of nitrogens with zero attached hydrogens (tertiary/aromatic N) is 2. The van der Waals surface area contributed by atoms with E-state index in [0.717, 1.165) is 19.3 Å². The number of anilines is 1. The van der Waals surface area contributed by atoms with Crippen LogP contribution in [0.15, 0.2) is 54.9 Å². The molecule has 3 rings (SSSR count). The summed E-state index contributed by atoms with van der Waals surface area (Å²) in [6.45, 7) is 0. The normalized spacial score (nSPS) is 17.0. The van der Waals surface area contributed by atoms with Crippen molar-refractivity contribution in [2.75, 3.05) is 5.32 Å². The average molecular weight is 295 g/mol. The fourth-order valence-corrected chi connectivity index (χ4v) is 2.36. The number of benzene rings is 1. The summed E-state index contributed by atoms with van der Waals surface area (Å²) in [4.78, 5) is 20.2. The third-order valence-electron chi connectivity index (χ3n) is 3.49. The van der Waals surface area contributed by atoms with E-state index in [1.807, 2.05) is 12.1 Å². The monoisotopic (exact) mass is 295 g/mol. The summed E-state index contributed by atoms with van der Waals surface area (Å²) < 4.78 is 5.56. The molecule has 1 amide bonds. The van der Waals surface area contributed by atoms with Crippen molar-refractivity contribution in [2.24, 2.45) is 5.92 Å². The molecule has 0 radical (unpaired) electrons. The van der Waals surface area contributed by atoms with Crippen molar-refractivity contribution in [1.82, 2.24) is 9.97 Å². The molecule has 1 unspecified atom stereocenters. The first-order chi connectivity index (χ1) is 10.8. The topological polar surface area (TPSA) is 64.1 Å². The second-order valence-corrected chi connectivity index (χ2v) is 5.13. The van der Waals surface area contributed by atoms with Crippen molar-refractivity contribution in [3.05, 3.63) is 54.9 Å². The summed E-state index contributed by atoms with van der Waals surface area (Å²) >= 11 is 0. The zero-order valence-electron chi connectivity index (χ0n) is 12.1. The van der Waals surface area contributed by atoms with Crippen LogP contribution in [0.5, 0.6) is 11.8 Å². The Balaban J connectivity index is 1.66. The van der Waals surface area contributed by atoms with E-state index in [4.69, 9.17) is 4.74 Å².